The van der Waals surface area contributed by atoms with Gasteiger partial charge in [-0.05, 0) is 23.8 Å². The topological polar surface area (TPSA) is 225 Å². The van der Waals surface area contributed by atoms with Gasteiger partial charge >= 0.3 is 0 Å². The smallest absolute Gasteiger partial charge is 0.255 e. The van der Waals surface area contributed by atoms with Gasteiger partial charge in [0.05, 0.1) is 19.9 Å². The first-order chi connectivity index (χ1) is 16.8. The molecule has 35 heavy (non-hydrogen) atoms. The largest absolute Gasteiger partial charge is 0.493 e. The molecule has 1 aliphatic rings. The second-order valence-electron chi connectivity index (χ2n) is 7.50. The lowest BCUT2D eigenvalue weighted by Crippen LogP contribution is -2.33. The third kappa shape index (κ3) is 4.78. The highest BCUT2D eigenvalue weighted by Gasteiger charge is 2.45. The number of nitrogen functional groups attached to an aromatic ring is 1. The number of methoxy groups -OCH3 is 1. The van der Waals surface area contributed by atoms with Crippen LogP contribution in [0.1, 0.15) is 11.8 Å². The van der Waals surface area contributed by atoms with Gasteiger partial charge < -0.3 is 41.0 Å². The number of hydrogen-bond donors (Lipinski definition) is 6. The van der Waals surface area contributed by atoms with Crippen LogP contribution in [0, 0.1) is 0 Å². The fourth-order valence-electron chi connectivity index (χ4n) is 3.54. The number of benzene rings is 1. The molecule has 186 valence electrons. The zero-order valence-corrected chi connectivity index (χ0v) is 18.5. The number of nitrogens with zero attached hydrogens (tertiary/aromatic N) is 5. The first-order valence-corrected chi connectivity index (χ1v) is 10.3. The van der Waals surface area contributed by atoms with Crippen molar-refractivity contribution in [2.24, 2.45) is 10.8 Å². The van der Waals surface area contributed by atoms with Crippen LogP contribution in [-0.4, -0.2) is 85.6 Å². The average molecular weight is 488 g/mol. The standard InChI is InChI=1S/C20H24N8O7/c1-33-11-4-9(2-3-10(11)34-7-13(21)30)5-25-27-20-26-14-17(22)23-8-24-18(14)28(20)19-16(32)15(31)12(6-29)35-19/h2-5,8,12,15-16,19,29,31-32H,6-7H2,1H3,(H2,21,30)(H,26,27)(H2,22,23,24). The van der Waals surface area contributed by atoms with E-state index in [0.717, 1.165) is 0 Å². The van der Waals surface area contributed by atoms with Gasteiger partial charge in [-0.15, -0.1) is 0 Å². The van der Waals surface area contributed by atoms with E-state index in [1.807, 2.05) is 0 Å². The summed E-state index contributed by atoms with van der Waals surface area (Å²) in [4.78, 5) is 23.4. The van der Waals surface area contributed by atoms with Crippen molar-refractivity contribution in [3.63, 3.8) is 0 Å². The van der Waals surface area contributed by atoms with E-state index in [-0.39, 0.29) is 29.5 Å². The van der Waals surface area contributed by atoms with Crippen molar-refractivity contribution in [1.29, 1.82) is 0 Å². The normalized spacial score (nSPS) is 22.1. The van der Waals surface area contributed by atoms with E-state index in [1.165, 1.54) is 24.2 Å². The van der Waals surface area contributed by atoms with Gasteiger partial charge in [-0.25, -0.2) is 20.4 Å². The molecule has 0 bridgehead atoms. The molecule has 15 nitrogen and oxygen atoms in total. The van der Waals surface area contributed by atoms with Crippen LogP contribution in [0.5, 0.6) is 11.5 Å². The Morgan fingerprint density at radius 1 is 1.31 bits per heavy atom. The Morgan fingerprint density at radius 3 is 2.80 bits per heavy atom. The molecule has 1 aromatic carbocycles. The molecule has 4 unspecified atom stereocenters. The fourth-order valence-corrected chi connectivity index (χ4v) is 3.54. The Kier molecular flexibility index (Phi) is 6.92. The number of aliphatic hydroxyl groups is 3. The molecule has 2 aromatic heterocycles. The maximum atomic E-state index is 10.9. The van der Waals surface area contributed by atoms with Gasteiger partial charge in [-0.1, -0.05) is 0 Å². The Morgan fingerprint density at radius 2 is 2.11 bits per heavy atom. The molecule has 1 amide bonds. The van der Waals surface area contributed by atoms with Gasteiger partial charge in [-0.3, -0.25) is 9.36 Å². The minimum Gasteiger partial charge on any atom is -0.493 e. The number of hydrogen-bond acceptors (Lipinski definition) is 13. The molecule has 1 aliphatic heterocycles. The molecular formula is C20H24N8O7. The van der Waals surface area contributed by atoms with Crippen LogP contribution in [0.15, 0.2) is 29.6 Å². The van der Waals surface area contributed by atoms with Crippen LogP contribution in [-0.2, 0) is 9.53 Å². The van der Waals surface area contributed by atoms with Crippen molar-refractivity contribution in [1.82, 2.24) is 19.5 Å². The van der Waals surface area contributed by atoms with Gasteiger partial charge in [0.1, 0.15) is 24.6 Å². The van der Waals surface area contributed by atoms with Crippen molar-refractivity contribution < 1.29 is 34.3 Å². The third-order valence-corrected chi connectivity index (χ3v) is 5.21. The van der Waals surface area contributed by atoms with Crippen LogP contribution in [0.25, 0.3) is 11.2 Å². The molecular weight excluding hydrogens is 464 g/mol. The minimum atomic E-state index is -1.39. The third-order valence-electron chi connectivity index (χ3n) is 5.21. The highest BCUT2D eigenvalue weighted by atomic mass is 16.6. The van der Waals surface area contributed by atoms with Crippen molar-refractivity contribution in [2.45, 2.75) is 24.5 Å². The summed E-state index contributed by atoms with van der Waals surface area (Å²) in [7, 11) is 1.44. The van der Waals surface area contributed by atoms with Gasteiger partial charge in [0.25, 0.3) is 5.91 Å². The van der Waals surface area contributed by atoms with E-state index < -0.39 is 37.1 Å². The van der Waals surface area contributed by atoms with Crippen molar-refractivity contribution in [3.8, 4) is 11.5 Å². The monoisotopic (exact) mass is 488 g/mol. The Bertz CT molecular complexity index is 1250. The first kappa shape index (κ1) is 24.1. The number of fused-ring (bicyclic) bond motifs is 1. The highest BCUT2D eigenvalue weighted by molar-refractivity contribution is 5.85. The lowest BCUT2D eigenvalue weighted by molar-refractivity contribution is -0.119. The van der Waals surface area contributed by atoms with E-state index in [0.29, 0.717) is 17.1 Å². The molecule has 4 atom stereocenters. The Hall–Kier alpha value is -4.05. The molecule has 15 heteroatoms. The number of amides is 1. The number of aromatic nitrogens is 4. The number of imidazole rings is 1. The molecule has 1 fully saturated rings. The van der Waals surface area contributed by atoms with Crippen LogP contribution < -0.4 is 26.4 Å². The maximum absolute atomic E-state index is 10.9. The molecule has 0 saturated carbocycles. The van der Waals surface area contributed by atoms with Crippen molar-refractivity contribution in [2.75, 3.05) is 31.5 Å². The van der Waals surface area contributed by atoms with E-state index in [9.17, 15) is 20.1 Å². The Labute approximate surface area is 198 Å². The molecule has 4 rings (SSSR count). The van der Waals surface area contributed by atoms with E-state index in [1.54, 1.807) is 18.2 Å². The van der Waals surface area contributed by atoms with Gasteiger partial charge in [0, 0.05) is 0 Å². The summed E-state index contributed by atoms with van der Waals surface area (Å²) in [5.74, 6) is 0.244. The predicted octanol–water partition coefficient (Wildman–Crippen LogP) is -1.66. The molecule has 0 spiro atoms. The van der Waals surface area contributed by atoms with Crippen LogP contribution >= 0.6 is 0 Å². The van der Waals surface area contributed by atoms with Crippen molar-refractivity contribution in [3.05, 3.63) is 30.1 Å². The SMILES string of the molecule is COc1cc(C=NNc2nc3c(N)ncnc3n2C2OC(CO)C(O)C2O)ccc1OCC(N)=O. The first-order valence-electron chi connectivity index (χ1n) is 10.3. The lowest BCUT2D eigenvalue weighted by atomic mass is 10.1. The molecule has 3 aromatic rings. The number of ether oxygens (including phenoxy) is 3. The lowest BCUT2D eigenvalue weighted by Gasteiger charge is -2.18. The zero-order chi connectivity index (χ0) is 25.1. The number of nitrogens with one attached hydrogen (secondary N) is 1. The minimum absolute atomic E-state index is 0.0869. The number of carbonyl (C=O) groups is 1. The average Bonchev–Trinajstić information content (AvgIpc) is 3.35. The van der Waals surface area contributed by atoms with Gasteiger partial charge in [0.15, 0.2) is 41.3 Å². The van der Waals surface area contributed by atoms with Gasteiger partial charge in [0.2, 0.25) is 5.95 Å². The molecule has 0 radical (unpaired) electrons. The number of aliphatic hydroxyl groups excluding tert-OH is 3. The summed E-state index contributed by atoms with van der Waals surface area (Å²) in [6.07, 6.45) is -2.19. The zero-order valence-electron chi connectivity index (χ0n) is 18.5. The summed E-state index contributed by atoms with van der Waals surface area (Å²) in [6.45, 7) is -0.797. The maximum Gasteiger partial charge on any atom is 0.255 e. The second kappa shape index (κ2) is 10.1. The quantitative estimate of drug-likeness (QED) is 0.147. The number of anilines is 2. The van der Waals surface area contributed by atoms with E-state index >= 15 is 0 Å². The molecule has 8 N–H and O–H groups in total. The summed E-state index contributed by atoms with van der Waals surface area (Å²) >= 11 is 0. The number of nitrogens with two attached hydrogens (primary N) is 2. The van der Waals surface area contributed by atoms with Crippen LogP contribution in [0.4, 0.5) is 11.8 Å². The second-order valence-corrected chi connectivity index (χ2v) is 7.50. The van der Waals surface area contributed by atoms with E-state index in [4.69, 9.17) is 25.7 Å². The summed E-state index contributed by atoms with van der Waals surface area (Å²) in [6, 6.07) is 4.89. The summed E-state index contributed by atoms with van der Waals surface area (Å²) < 4.78 is 17.6. The van der Waals surface area contributed by atoms with E-state index in [2.05, 4.69) is 25.5 Å². The van der Waals surface area contributed by atoms with Gasteiger partial charge in [-0.2, -0.15) is 5.10 Å². The fraction of sp³-hybridized carbons (Fsp3) is 0.350. The molecule has 1 saturated heterocycles. The Balaban J connectivity index is 1.62. The number of rotatable bonds is 9. The number of carbonyl (C=O) groups excluding carboxylic acids is 1. The number of primary amides is 1. The summed E-state index contributed by atoms with van der Waals surface area (Å²) in [5, 5.41) is 34.3. The van der Waals surface area contributed by atoms with Crippen LogP contribution in [0.2, 0.25) is 0 Å². The van der Waals surface area contributed by atoms with Crippen LogP contribution in [0.3, 0.4) is 0 Å². The number of hydrazone groups is 1. The summed E-state index contributed by atoms with van der Waals surface area (Å²) in [5.41, 5.74) is 14.8. The van der Waals surface area contributed by atoms with Crippen molar-refractivity contribution >= 4 is 35.1 Å². The predicted molar refractivity (Wildman–Crippen MR) is 122 cm³/mol. The molecule has 3 heterocycles. The highest BCUT2D eigenvalue weighted by Crippen LogP contribution is 2.35. The molecule has 0 aliphatic carbocycles.